The number of ketones is 1. The first-order chi connectivity index (χ1) is 9.49. The molecular formula is C14H14N2O4. The van der Waals surface area contributed by atoms with Crippen LogP contribution in [0.15, 0.2) is 24.3 Å². The maximum absolute atomic E-state index is 12.0. The molecule has 0 fully saturated rings. The van der Waals surface area contributed by atoms with Crippen molar-refractivity contribution in [3.63, 3.8) is 0 Å². The van der Waals surface area contributed by atoms with Crippen LogP contribution in [0.5, 0.6) is 0 Å². The van der Waals surface area contributed by atoms with E-state index in [0.717, 1.165) is 0 Å². The third kappa shape index (κ3) is 3.92. The molecule has 20 heavy (non-hydrogen) atoms. The summed E-state index contributed by atoms with van der Waals surface area (Å²) in [5.41, 5.74) is 0.734. The van der Waals surface area contributed by atoms with E-state index in [1.165, 1.54) is 31.2 Å². The van der Waals surface area contributed by atoms with Crippen LogP contribution in [-0.2, 0) is 14.3 Å². The molecule has 0 saturated carbocycles. The van der Waals surface area contributed by atoms with Gasteiger partial charge in [-0.25, -0.2) is 0 Å². The Bertz CT molecular complexity index is 558. The molecule has 0 aliphatic carbocycles. The Morgan fingerprint density at radius 3 is 2.35 bits per heavy atom. The first kappa shape index (κ1) is 15.4. The van der Waals surface area contributed by atoms with Gasteiger partial charge in [0.25, 0.3) is 0 Å². The average molecular weight is 274 g/mol. The summed E-state index contributed by atoms with van der Waals surface area (Å²) in [6.07, 6.45) is 0. The highest BCUT2D eigenvalue weighted by Crippen LogP contribution is 2.14. The Kier molecular flexibility index (Phi) is 5.42. The fourth-order valence-electron chi connectivity index (χ4n) is 1.53. The second-order valence-corrected chi connectivity index (χ2v) is 3.94. The van der Waals surface area contributed by atoms with Gasteiger partial charge in [0.2, 0.25) is 11.8 Å². The van der Waals surface area contributed by atoms with E-state index in [0.29, 0.717) is 5.69 Å². The van der Waals surface area contributed by atoms with E-state index in [-0.39, 0.29) is 18.1 Å². The molecule has 1 unspecified atom stereocenters. The van der Waals surface area contributed by atoms with E-state index in [9.17, 15) is 14.4 Å². The monoisotopic (exact) mass is 274 g/mol. The maximum Gasteiger partial charge on any atom is 0.331 e. The quantitative estimate of drug-likeness (QED) is 0.499. The molecule has 0 aliphatic rings. The first-order valence-electron chi connectivity index (χ1n) is 5.97. The number of esters is 1. The second kappa shape index (κ2) is 7.04. The van der Waals surface area contributed by atoms with Gasteiger partial charge < -0.3 is 10.1 Å². The zero-order valence-electron chi connectivity index (χ0n) is 11.2. The minimum Gasteiger partial charge on any atom is -0.465 e. The number of nitriles is 1. The van der Waals surface area contributed by atoms with Crippen LogP contribution in [0.3, 0.4) is 0 Å². The highest BCUT2D eigenvalue weighted by molar-refractivity contribution is 6.10. The smallest absolute Gasteiger partial charge is 0.331 e. The third-order valence-corrected chi connectivity index (χ3v) is 2.40. The molecule has 0 saturated heterocycles. The van der Waals surface area contributed by atoms with Crippen molar-refractivity contribution in [1.82, 2.24) is 0 Å². The van der Waals surface area contributed by atoms with Gasteiger partial charge in [-0.05, 0) is 31.2 Å². The fraction of sp³-hybridized carbons (Fsp3) is 0.286. The van der Waals surface area contributed by atoms with E-state index in [2.05, 4.69) is 10.1 Å². The van der Waals surface area contributed by atoms with Crippen LogP contribution in [0.25, 0.3) is 0 Å². The van der Waals surface area contributed by atoms with Crippen molar-refractivity contribution in [3.05, 3.63) is 29.8 Å². The minimum atomic E-state index is -1.47. The van der Waals surface area contributed by atoms with Crippen molar-refractivity contribution in [2.45, 2.75) is 13.8 Å². The van der Waals surface area contributed by atoms with Crippen molar-refractivity contribution < 1.29 is 19.1 Å². The summed E-state index contributed by atoms with van der Waals surface area (Å²) in [6.45, 7) is 3.07. The van der Waals surface area contributed by atoms with Crippen molar-refractivity contribution >= 4 is 23.3 Å². The number of hydrogen-bond donors (Lipinski definition) is 1. The number of nitrogens with one attached hydrogen (secondary N) is 1. The predicted octanol–water partition coefficient (Wildman–Crippen LogP) is 1.53. The SMILES string of the molecule is CCOC(=O)C(C#N)C(=O)c1ccc(NC(C)=O)cc1. The van der Waals surface area contributed by atoms with Gasteiger partial charge in [-0.15, -0.1) is 0 Å². The Morgan fingerprint density at radius 1 is 1.30 bits per heavy atom. The van der Waals surface area contributed by atoms with Gasteiger partial charge in [0.1, 0.15) is 0 Å². The molecule has 1 N–H and O–H groups in total. The Balaban J connectivity index is 2.88. The molecule has 0 bridgehead atoms. The fourth-order valence-corrected chi connectivity index (χ4v) is 1.53. The molecule has 0 aliphatic heterocycles. The van der Waals surface area contributed by atoms with Crippen molar-refractivity contribution in [1.29, 1.82) is 5.26 Å². The molecular weight excluding hydrogens is 260 g/mol. The molecule has 1 aromatic carbocycles. The number of benzene rings is 1. The van der Waals surface area contributed by atoms with Crippen LogP contribution < -0.4 is 5.32 Å². The van der Waals surface area contributed by atoms with E-state index in [4.69, 9.17) is 5.26 Å². The van der Waals surface area contributed by atoms with E-state index in [1.54, 1.807) is 13.0 Å². The number of nitrogens with zero attached hydrogens (tertiary/aromatic N) is 1. The summed E-state index contributed by atoms with van der Waals surface area (Å²) in [6, 6.07) is 7.57. The maximum atomic E-state index is 12.0. The zero-order chi connectivity index (χ0) is 15.1. The lowest BCUT2D eigenvalue weighted by Gasteiger charge is -2.08. The molecule has 0 radical (unpaired) electrons. The molecule has 104 valence electrons. The lowest BCUT2D eigenvalue weighted by atomic mass is 9.99. The zero-order valence-corrected chi connectivity index (χ0v) is 11.2. The van der Waals surface area contributed by atoms with Gasteiger partial charge in [-0.3, -0.25) is 14.4 Å². The number of anilines is 1. The topological polar surface area (TPSA) is 96.3 Å². The Morgan fingerprint density at radius 2 is 1.90 bits per heavy atom. The minimum absolute atomic E-state index is 0.103. The van der Waals surface area contributed by atoms with Gasteiger partial charge in [0, 0.05) is 18.2 Å². The Hall–Kier alpha value is -2.68. The average Bonchev–Trinajstić information content (AvgIpc) is 2.40. The summed E-state index contributed by atoms with van der Waals surface area (Å²) in [5, 5.41) is 11.5. The summed E-state index contributed by atoms with van der Waals surface area (Å²) in [7, 11) is 0. The van der Waals surface area contributed by atoms with Crippen LogP contribution in [0.2, 0.25) is 0 Å². The van der Waals surface area contributed by atoms with E-state index >= 15 is 0 Å². The molecule has 1 atom stereocenters. The highest BCUT2D eigenvalue weighted by Gasteiger charge is 2.28. The molecule has 6 nitrogen and oxygen atoms in total. The number of carbonyl (C=O) groups is 3. The van der Waals surface area contributed by atoms with Gasteiger partial charge in [-0.2, -0.15) is 5.26 Å². The number of amides is 1. The van der Waals surface area contributed by atoms with Crippen LogP contribution in [0, 0.1) is 17.2 Å². The molecule has 0 aromatic heterocycles. The Labute approximate surface area is 116 Å². The summed E-state index contributed by atoms with van der Waals surface area (Å²) in [5.74, 6) is -3.18. The lowest BCUT2D eigenvalue weighted by Crippen LogP contribution is -2.25. The lowest BCUT2D eigenvalue weighted by molar-refractivity contribution is -0.144. The highest BCUT2D eigenvalue weighted by atomic mass is 16.5. The molecule has 6 heteroatoms. The largest absolute Gasteiger partial charge is 0.465 e. The summed E-state index contributed by atoms with van der Waals surface area (Å²) < 4.78 is 4.67. The standard InChI is InChI=1S/C14H14N2O4/c1-3-20-14(19)12(8-15)13(18)10-4-6-11(7-5-10)16-9(2)17/h4-7,12H,3H2,1-2H3,(H,16,17). The van der Waals surface area contributed by atoms with Crippen molar-refractivity contribution in [2.24, 2.45) is 5.92 Å². The molecule has 1 amide bonds. The number of hydrogen-bond acceptors (Lipinski definition) is 5. The number of ether oxygens (including phenoxy) is 1. The first-order valence-corrected chi connectivity index (χ1v) is 5.97. The van der Waals surface area contributed by atoms with Crippen LogP contribution in [-0.4, -0.2) is 24.3 Å². The molecule has 0 spiro atoms. The van der Waals surface area contributed by atoms with E-state index in [1.807, 2.05) is 0 Å². The van der Waals surface area contributed by atoms with Gasteiger partial charge in [0.05, 0.1) is 12.7 Å². The van der Waals surface area contributed by atoms with Crippen molar-refractivity contribution in [2.75, 3.05) is 11.9 Å². The number of carbonyl (C=O) groups excluding carboxylic acids is 3. The molecule has 0 heterocycles. The van der Waals surface area contributed by atoms with Crippen molar-refractivity contribution in [3.8, 4) is 6.07 Å². The second-order valence-electron chi connectivity index (χ2n) is 3.94. The number of Topliss-reactive ketones (excluding diaryl/α,β-unsaturated/α-hetero) is 1. The summed E-state index contributed by atoms with van der Waals surface area (Å²) in [4.78, 5) is 34.4. The normalized spacial score (nSPS) is 11.1. The third-order valence-electron chi connectivity index (χ3n) is 2.40. The van der Waals surface area contributed by atoms with Gasteiger partial charge >= 0.3 is 5.97 Å². The van der Waals surface area contributed by atoms with Crippen LogP contribution in [0.4, 0.5) is 5.69 Å². The van der Waals surface area contributed by atoms with E-state index < -0.39 is 17.7 Å². The predicted molar refractivity (Wildman–Crippen MR) is 70.8 cm³/mol. The molecule has 1 rings (SSSR count). The van der Waals surface area contributed by atoms with Gasteiger partial charge in [-0.1, -0.05) is 0 Å². The van der Waals surface area contributed by atoms with Crippen LogP contribution >= 0.6 is 0 Å². The number of rotatable bonds is 5. The molecule has 1 aromatic rings. The summed E-state index contributed by atoms with van der Waals surface area (Å²) >= 11 is 0. The van der Waals surface area contributed by atoms with Crippen LogP contribution in [0.1, 0.15) is 24.2 Å². The van der Waals surface area contributed by atoms with Gasteiger partial charge in [0.15, 0.2) is 5.78 Å².